The molecule has 2 heterocycles. The highest BCUT2D eigenvalue weighted by molar-refractivity contribution is 9.10. The van der Waals surface area contributed by atoms with E-state index in [4.69, 9.17) is 17.3 Å². The number of nitrogens with zero attached hydrogens (tertiary/aromatic N) is 2. The fourth-order valence-corrected chi connectivity index (χ4v) is 3.95. The summed E-state index contributed by atoms with van der Waals surface area (Å²) in [5.74, 6) is 0. The van der Waals surface area contributed by atoms with Gasteiger partial charge in [0.1, 0.15) is 0 Å². The topological polar surface area (TPSA) is 43.8 Å². The molecule has 0 aliphatic heterocycles. The van der Waals surface area contributed by atoms with E-state index < -0.39 is 0 Å². The van der Waals surface area contributed by atoms with Crippen LogP contribution in [0.25, 0.3) is 0 Å². The first kappa shape index (κ1) is 14.1. The lowest BCUT2D eigenvalue weighted by Crippen LogP contribution is -2.14. The molecule has 0 fully saturated rings. The van der Waals surface area contributed by atoms with Gasteiger partial charge in [-0.15, -0.1) is 11.3 Å². The predicted molar refractivity (Wildman–Crippen MR) is 80.2 cm³/mol. The molecule has 0 saturated heterocycles. The summed E-state index contributed by atoms with van der Waals surface area (Å²) in [6, 6.07) is 1.96. The number of hydrogen-bond acceptors (Lipinski definition) is 3. The maximum absolute atomic E-state index is 6.33. The zero-order valence-electron chi connectivity index (χ0n) is 10.3. The van der Waals surface area contributed by atoms with E-state index in [0.29, 0.717) is 6.42 Å². The van der Waals surface area contributed by atoms with Gasteiger partial charge < -0.3 is 5.73 Å². The number of hydrogen-bond donors (Lipinski definition) is 1. The van der Waals surface area contributed by atoms with Crippen LogP contribution in [0.15, 0.2) is 15.9 Å². The van der Waals surface area contributed by atoms with Gasteiger partial charge in [0.2, 0.25) is 0 Å². The monoisotopic (exact) mass is 347 g/mol. The molecule has 2 aromatic rings. The van der Waals surface area contributed by atoms with E-state index >= 15 is 0 Å². The minimum Gasteiger partial charge on any atom is -0.323 e. The van der Waals surface area contributed by atoms with Crippen LogP contribution in [0.4, 0.5) is 0 Å². The van der Waals surface area contributed by atoms with E-state index in [0.717, 1.165) is 32.2 Å². The van der Waals surface area contributed by atoms with Gasteiger partial charge in [-0.25, -0.2) is 0 Å². The third-order valence-electron chi connectivity index (χ3n) is 2.90. The van der Waals surface area contributed by atoms with Gasteiger partial charge >= 0.3 is 0 Å². The summed E-state index contributed by atoms with van der Waals surface area (Å²) in [5.41, 5.74) is 8.18. The van der Waals surface area contributed by atoms with Crippen molar-refractivity contribution in [1.29, 1.82) is 0 Å². The van der Waals surface area contributed by atoms with Crippen LogP contribution in [0, 0.1) is 0 Å². The van der Waals surface area contributed by atoms with Crippen LogP contribution in [0.5, 0.6) is 0 Å². The number of rotatable bonds is 4. The second kappa shape index (κ2) is 5.74. The third kappa shape index (κ3) is 2.64. The zero-order valence-corrected chi connectivity index (χ0v) is 13.4. The Morgan fingerprint density at radius 3 is 2.83 bits per heavy atom. The molecule has 1 unspecified atom stereocenters. The van der Waals surface area contributed by atoms with Crippen LogP contribution in [0.2, 0.25) is 5.02 Å². The van der Waals surface area contributed by atoms with Crippen LogP contribution in [0.1, 0.15) is 29.2 Å². The number of aromatic nitrogens is 2. The summed E-state index contributed by atoms with van der Waals surface area (Å²) in [6.45, 7) is 2.05. The number of nitrogens with two attached hydrogens (primary N) is 1. The highest BCUT2D eigenvalue weighted by Gasteiger charge is 2.18. The molecule has 2 rings (SSSR count). The van der Waals surface area contributed by atoms with E-state index in [1.54, 1.807) is 11.3 Å². The molecular formula is C12H15BrClN3S. The van der Waals surface area contributed by atoms with Crippen LogP contribution in [-0.4, -0.2) is 9.78 Å². The number of aryl methyl sites for hydroxylation is 2. The Morgan fingerprint density at radius 1 is 1.61 bits per heavy atom. The third-order valence-corrected chi connectivity index (χ3v) is 5.34. The van der Waals surface area contributed by atoms with Crippen molar-refractivity contribution in [1.82, 2.24) is 9.78 Å². The highest BCUT2D eigenvalue weighted by Crippen LogP contribution is 2.31. The molecule has 0 saturated carbocycles. The van der Waals surface area contributed by atoms with Crippen LogP contribution in [0.3, 0.4) is 0 Å². The van der Waals surface area contributed by atoms with Crippen LogP contribution < -0.4 is 5.73 Å². The zero-order chi connectivity index (χ0) is 13.3. The van der Waals surface area contributed by atoms with Crippen LogP contribution in [-0.2, 0) is 19.9 Å². The molecule has 2 N–H and O–H groups in total. The molecule has 1 atom stereocenters. The summed E-state index contributed by atoms with van der Waals surface area (Å²) in [7, 11) is 1.91. The van der Waals surface area contributed by atoms with E-state index in [1.165, 1.54) is 0 Å². The maximum Gasteiger partial charge on any atom is 0.0850 e. The second-order valence-corrected chi connectivity index (χ2v) is 6.31. The first-order valence-electron chi connectivity index (χ1n) is 5.73. The molecule has 0 aromatic carbocycles. The van der Waals surface area contributed by atoms with Crippen molar-refractivity contribution in [3.8, 4) is 0 Å². The van der Waals surface area contributed by atoms with Gasteiger partial charge in [-0.3, -0.25) is 4.68 Å². The first-order chi connectivity index (χ1) is 8.54. The fourth-order valence-electron chi connectivity index (χ4n) is 1.91. The smallest absolute Gasteiger partial charge is 0.0850 e. The van der Waals surface area contributed by atoms with Gasteiger partial charge in [0, 0.05) is 28.9 Å². The van der Waals surface area contributed by atoms with Gasteiger partial charge in [0.15, 0.2) is 0 Å². The first-order valence-corrected chi connectivity index (χ1v) is 7.78. The van der Waals surface area contributed by atoms with Crippen molar-refractivity contribution in [3.05, 3.63) is 37.2 Å². The lowest BCUT2D eigenvalue weighted by atomic mass is 10.1. The Kier molecular flexibility index (Phi) is 4.48. The van der Waals surface area contributed by atoms with Crippen molar-refractivity contribution in [2.75, 3.05) is 0 Å². The van der Waals surface area contributed by atoms with Gasteiger partial charge in [0.25, 0.3) is 0 Å². The van der Waals surface area contributed by atoms with Crippen molar-refractivity contribution in [2.24, 2.45) is 12.8 Å². The summed E-state index contributed by atoms with van der Waals surface area (Å²) in [6.07, 6.45) is 1.53. The van der Waals surface area contributed by atoms with Crippen molar-refractivity contribution in [3.63, 3.8) is 0 Å². The SMILES string of the molecule is CCc1nn(C)c(CC(N)c2sccc2Br)c1Cl. The Hall–Kier alpha value is -0.360. The molecule has 0 aliphatic carbocycles. The average Bonchev–Trinajstić information content (AvgIpc) is 2.87. The second-order valence-electron chi connectivity index (χ2n) is 4.13. The van der Waals surface area contributed by atoms with E-state index in [1.807, 2.05) is 30.1 Å². The van der Waals surface area contributed by atoms with Crippen molar-refractivity contribution in [2.45, 2.75) is 25.8 Å². The largest absolute Gasteiger partial charge is 0.323 e. The molecule has 0 bridgehead atoms. The molecule has 0 spiro atoms. The lowest BCUT2D eigenvalue weighted by molar-refractivity contribution is 0.643. The normalized spacial score (nSPS) is 12.9. The fraction of sp³-hybridized carbons (Fsp3) is 0.417. The van der Waals surface area contributed by atoms with Gasteiger partial charge in [-0.05, 0) is 33.8 Å². The van der Waals surface area contributed by atoms with Gasteiger partial charge in [0.05, 0.1) is 16.4 Å². The highest BCUT2D eigenvalue weighted by atomic mass is 79.9. The Labute approximate surface area is 124 Å². The summed E-state index contributed by atoms with van der Waals surface area (Å²) in [4.78, 5) is 1.14. The summed E-state index contributed by atoms with van der Waals surface area (Å²) in [5, 5.41) is 7.19. The maximum atomic E-state index is 6.33. The minimum atomic E-state index is -0.0584. The molecule has 98 valence electrons. The predicted octanol–water partition coefficient (Wildman–Crippen LogP) is 3.70. The number of halogens is 2. The number of thiophene rings is 1. The molecule has 0 amide bonds. The molecule has 18 heavy (non-hydrogen) atoms. The molecular weight excluding hydrogens is 334 g/mol. The average molecular weight is 349 g/mol. The molecule has 6 heteroatoms. The minimum absolute atomic E-state index is 0.0584. The molecule has 0 aliphatic rings. The quantitative estimate of drug-likeness (QED) is 0.915. The van der Waals surface area contributed by atoms with E-state index in [9.17, 15) is 0 Å². The Balaban J connectivity index is 2.24. The van der Waals surface area contributed by atoms with Gasteiger partial charge in [-0.2, -0.15) is 5.10 Å². The Bertz CT molecular complexity index is 550. The van der Waals surface area contributed by atoms with E-state index in [2.05, 4.69) is 21.0 Å². The van der Waals surface area contributed by atoms with Crippen molar-refractivity contribution < 1.29 is 0 Å². The van der Waals surface area contributed by atoms with Gasteiger partial charge in [-0.1, -0.05) is 18.5 Å². The Morgan fingerprint density at radius 2 is 2.33 bits per heavy atom. The van der Waals surface area contributed by atoms with Crippen molar-refractivity contribution >= 4 is 38.9 Å². The standard InChI is InChI=1S/C12H15BrClN3S/c1-3-9-11(14)10(17(2)16-9)6-8(15)12-7(13)4-5-18-12/h4-5,8H,3,6,15H2,1-2H3. The molecule has 0 radical (unpaired) electrons. The summed E-state index contributed by atoms with van der Waals surface area (Å²) < 4.78 is 2.90. The summed E-state index contributed by atoms with van der Waals surface area (Å²) >= 11 is 11.5. The lowest BCUT2D eigenvalue weighted by Gasteiger charge is -2.11. The molecule has 3 nitrogen and oxygen atoms in total. The van der Waals surface area contributed by atoms with E-state index in [-0.39, 0.29) is 6.04 Å². The molecule has 2 aromatic heterocycles. The van der Waals surface area contributed by atoms with Crippen LogP contribution >= 0.6 is 38.9 Å².